The van der Waals surface area contributed by atoms with Crippen LogP contribution in [0.2, 0.25) is 0 Å². The number of nitrogens with two attached hydrogens (primary N) is 1. The lowest BCUT2D eigenvalue weighted by atomic mass is 10.4. The van der Waals surface area contributed by atoms with Gasteiger partial charge in [-0.25, -0.2) is 0 Å². The van der Waals surface area contributed by atoms with Crippen LogP contribution >= 0.6 is 11.8 Å². The number of thioether (sulfide) groups is 1. The molecule has 0 fully saturated rings. The average molecular weight is 248 g/mol. The molecule has 0 radical (unpaired) electrons. The largest absolute Gasteiger partial charge is 0.480 e. The van der Waals surface area contributed by atoms with Gasteiger partial charge < -0.3 is 15.7 Å². The molecule has 0 aromatic carbocycles. The molecule has 5 nitrogen and oxygen atoms in total. The van der Waals surface area contributed by atoms with Crippen molar-refractivity contribution in [2.75, 3.05) is 18.8 Å². The van der Waals surface area contributed by atoms with E-state index < -0.39 is 12.0 Å². The van der Waals surface area contributed by atoms with Crippen LogP contribution in [0.25, 0.3) is 0 Å². The third-order valence-corrected chi connectivity index (χ3v) is 3.52. The van der Waals surface area contributed by atoms with E-state index in [1.165, 1.54) is 11.8 Å². The van der Waals surface area contributed by atoms with Crippen molar-refractivity contribution in [3.05, 3.63) is 0 Å². The lowest BCUT2D eigenvalue weighted by Crippen LogP contribution is -2.38. The molecule has 2 atom stereocenters. The smallest absolute Gasteiger partial charge is 0.321 e. The molecule has 0 aliphatic rings. The fraction of sp³-hybridized carbons (Fsp3) is 0.800. The molecule has 0 spiro atoms. The van der Waals surface area contributed by atoms with Crippen molar-refractivity contribution in [3.63, 3.8) is 0 Å². The number of carbonyl (C=O) groups is 2. The molecule has 1 unspecified atom stereocenters. The first-order valence-corrected chi connectivity index (χ1v) is 6.37. The number of carboxylic acid groups (broad SMARTS) is 1. The van der Waals surface area contributed by atoms with Gasteiger partial charge in [-0.1, -0.05) is 0 Å². The summed E-state index contributed by atoms with van der Waals surface area (Å²) >= 11 is 1.28. The Balaban J connectivity index is 4.10. The third kappa shape index (κ3) is 4.85. The van der Waals surface area contributed by atoms with Crippen LogP contribution in [0.15, 0.2) is 0 Å². The van der Waals surface area contributed by atoms with E-state index in [0.717, 1.165) is 0 Å². The molecule has 94 valence electrons. The van der Waals surface area contributed by atoms with Gasteiger partial charge in [0.15, 0.2) is 0 Å². The summed E-state index contributed by atoms with van der Waals surface area (Å²) in [6.07, 6.45) is 0. The Morgan fingerprint density at radius 3 is 2.25 bits per heavy atom. The Bertz CT molecular complexity index is 244. The molecule has 0 aliphatic heterocycles. The summed E-state index contributed by atoms with van der Waals surface area (Å²) in [5.41, 5.74) is 5.36. The first-order chi connectivity index (χ1) is 7.43. The molecule has 0 saturated heterocycles. The Hall–Kier alpha value is -0.750. The maximum Gasteiger partial charge on any atom is 0.321 e. The van der Waals surface area contributed by atoms with Crippen molar-refractivity contribution in [1.29, 1.82) is 0 Å². The van der Waals surface area contributed by atoms with E-state index in [1.54, 1.807) is 11.8 Å². The first kappa shape index (κ1) is 15.2. The first-order valence-electron chi connectivity index (χ1n) is 5.32. The predicted molar refractivity (Wildman–Crippen MR) is 65.5 cm³/mol. The minimum Gasteiger partial charge on any atom is -0.480 e. The maximum atomic E-state index is 11.8. The van der Waals surface area contributed by atoms with Crippen molar-refractivity contribution < 1.29 is 14.7 Å². The quantitative estimate of drug-likeness (QED) is 0.681. The zero-order chi connectivity index (χ0) is 12.7. The fourth-order valence-electron chi connectivity index (χ4n) is 1.18. The monoisotopic (exact) mass is 248 g/mol. The Labute approximate surface area is 100 Å². The Morgan fingerprint density at radius 2 is 1.88 bits per heavy atom. The molecule has 0 bridgehead atoms. The van der Waals surface area contributed by atoms with Crippen LogP contribution in [0.3, 0.4) is 0 Å². The highest BCUT2D eigenvalue weighted by atomic mass is 32.2. The Kier molecular flexibility index (Phi) is 7.16. The minimum absolute atomic E-state index is 0.0348. The van der Waals surface area contributed by atoms with E-state index in [4.69, 9.17) is 10.8 Å². The Morgan fingerprint density at radius 1 is 1.38 bits per heavy atom. The van der Waals surface area contributed by atoms with Crippen LogP contribution < -0.4 is 5.73 Å². The molecule has 0 rings (SSSR count). The maximum absolute atomic E-state index is 11.8. The van der Waals surface area contributed by atoms with E-state index in [0.29, 0.717) is 13.1 Å². The van der Waals surface area contributed by atoms with Gasteiger partial charge in [-0.3, -0.25) is 9.59 Å². The summed E-state index contributed by atoms with van der Waals surface area (Å²) in [5.74, 6) is -0.744. The van der Waals surface area contributed by atoms with Gasteiger partial charge in [0.05, 0.1) is 5.25 Å². The summed E-state index contributed by atoms with van der Waals surface area (Å²) in [7, 11) is 0. The molecular weight excluding hydrogens is 228 g/mol. The minimum atomic E-state index is -1.03. The third-order valence-electron chi connectivity index (χ3n) is 2.27. The molecule has 0 aromatic heterocycles. The van der Waals surface area contributed by atoms with Crippen LogP contribution in [-0.2, 0) is 9.59 Å². The number of carboxylic acids is 1. The summed E-state index contributed by atoms with van der Waals surface area (Å²) in [5, 5.41) is 8.36. The average Bonchev–Trinajstić information content (AvgIpc) is 2.26. The van der Waals surface area contributed by atoms with Gasteiger partial charge in [-0.2, -0.15) is 0 Å². The number of carbonyl (C=O) groups excluding carboxylic acids is 1. The van der Waals surface area contributed by atoms with E-state index in [2.05, 4.69) is 0 Å². The SMILES string of the molecule is CCN(CC)C(=O)C(C)SC[C@@H](N)C(=O)O. The molecule has 6 heteroatoms. The second-order valence-corrected chi connectivity index (χ2v) is 4.80. The molecule has 0 saturated carbocycles. The highest BCUT2D eigenvalue weighted by Crippen LogP contribution is 2.14. The van der Waals surface area contributed by atoms with E-state index >= 15 is 0 Å². The van der Waals surface area contributed by atoms with E-state index in [-0.39, 0.29) is 16.9 Å². The van der Waals surface area contributed by atoms with Crippen molar-refractivity contribution in [2.24, 2.45) is 5.73 Å². The molecule has 16 heavy (non-hydrogen) atoms. The van der Waals surface area contributed by atoms with Gasteiger partial charge in [-0.15, -0.1) is 11.8 Å². The summed E-state index contributed by atoms with van der Waals surface area (Å²) in [6.45, 7) is 6.96. The standard InChI is InChI=1S/C10H20N2O3S/c1-4-12(5-2)9(13)7(3)16-6-8(11)10(14)15/h7-8H,4-6,11H2,1-3H3,(H,14,15)/t7?,8-/m1/s1. The number of aliphatic carboxylic acids is 1. The molecule has 0 aromatic rings. The normalized spacial score (nSPS) is 14.2. The number of amides is 1. The summed E-state index contributed by atoms with van der Waals surface area (Å²) < 4.78 is 0. The molecule has 1 amide bonds. The van der Waals surface area contributed by atoms with Gasteiger partial charge in [-0.05, 0) is 20.8 Å². The number of hydrogen-bond donors (Lipinski definition) is 2. The second kappa shape index (κ2) is 7.51. The topological polar surface area (TPSA) is 83.6 Å². The van der Waals surface area contributed by atoms with Gasteiger partial charge >= 0.3 is 5.97 Å². The van der Waals surface area contributed by atoms with Crippen molar-refractivity contribution >= 4 is 23.6 Å². The highest BCUT2D eigenvalue weighted by Gasteiger charge is 2.21. The van der Waals surface area contributed by atoms with E-state index in [1.807, 2.05) is 13.8 Å². The van der Waals surface area contributed by atoms with Crippen LogP contribution in [0.5, 0.6) is 0 Å². The van der Waals surface area contributed by atoms with Crippen molar-refractivity contribution in [2.45, 2.75) is 32.1 Å². The fourth-order valence-corrected chi connectivity index (χ4v) is 2.11. The molecule has 0 heterocycles. The van der Waals surface area contributed by atoms with Crippen LogP contribution in [0, 0.1) is 0 Å². The zero-order valence-corrected chi connectivity index (χ0v) is 10.8. The van der Waals surface area contributed by atoms with Gasteiger partial charge in [0.2, 0.25) is 5.91 Å². The lowest BCUT2D eigenvalue weighted by Gasteiger charge is -2.22. The van der Waals surface area contributed by atoms with E-state index in [9.17, 15) is 9.59 Å². The molecular formula is C10H20N2O3S. The molecule has 3 N–H and O–H groups in total. The van der Waals surface area contributed by atoms with Gasteiger partial charge in [0.1, 0.15) is 6.04 Å². The second-order valence-electron chi connectivity index (χ2n) is 3.43. The van der Waals surface area contributed by atoms with Crippen molar-refractivity contribution in [1.82, 2.24) is 4.90 Å². The van der Waals surface area contributed by atoms with Gasteiger partial charge in [0.25, 0.3) is 0 Å². The highest BCUT2D eigenvalue weighted by molar-refractivity contribution is 8.00. The molecule has 0 aliphatic carbocycles. The summed E-state index contributed by atoms with van der Waals surface area (Å²) in [4.78, 5) is 24.0. The number of rotatable bonds is 7. The van der Waals surface area contributed by atoms with Crippen LogP contribution in [0.1, 0.15) is 20.8 Å². The number of nitrogens with zero attached hydrogens (tertiary/aromatic N) is 1. The van der Waals surface area contributed by atoms with Crippen molar-refractivity contribution in [3.8, 4) is 0 Å². The predicted octanol–water partition coefficient (Wildman–Crippen LogP) is 0.388. The van der Waals surface area contributed by atoms with Crippen LogP contribution in [0.4, 0.5) is 0 Å². The zero-order valence-electron chi connectivity index (χ0n) is 9.97. The summed E-state index contributed by atoms with van der Waals surface area (Å²) in [6, 6.07) is -0.906. The lowest BCUT2D eigenvalue weighted by molar-refractivity contribution is -0.138. The van der Waals surface area contributed by atoms with Crippen LogP contribution in [-0.4, -0.2) is 52.0 Å². The number of hydrogen-bond acceptors (Lipinski definition) is 4. The van der Waals surface area contributed by atoms with Gasteiger partial charge in [0, 0.05) is 18.8 Å².